The van der Waals surface area contributed by atoms with Gasteiger partial charge in [-0.25, -0.2) is 4.79 Å². The van der Waals surface area contributed by atoms with E-state index >= 15 is 0 Å². The van der Waals surface area contributed by atoms with Crippen LogP contribution in [0.5, 0.6) is 0 Å². The third-order valence-electron chi connectivity index (χ3n) is 2.26. The second kappa shape index (κ2) is 6.39. The van der Waals surface area contributed by atoms with Crippen LogP contribution in [-0.2, 0) is 14.3 Å². The lowest BCUT2D eigenvalue weighted by molar-refractivity contribution is -0.300. The van der Waals surface area contributed by atoms with E-state index < -0.39 is 18.0 Å². The first kappa shape index (κ1) is 13.7. The van der Waals surface area contributed by atoms with Gasteiger partial charge in [-0.05, 0) is 18.6 Å². The quantitative estimate of drug-likeness (QED) is 0.572. The molecule has 0 fully saturated rings. The number of hydrogen-bond acceptors (Lipinski definition) is 4. The largest absolute Gasteiger partial charge is 0.545 e. The van der Waals surface area contributed by atoms with Crippen LogP contribution < -0.4 is 5.11 Å². The molecule has 0 aliphatic heterocycles. The summed E-state index contributed by atoms with van der Waals surface area (Å²) < 4.78 is 4.85. The lowest BCUT2D eigenvalue weighted by atomic mass is 10.2. The van der Waals surface area contributed by atoms with Crippen LogP contribution in [-0.4, -0.2) is 18.0 Å². The highest BCUT2D eigenvalue weighted by molar-refractivity contribution is 5.89. The molecule has 0 spiro atoms. The van der Waals surface area contributed by atoms with Crippen LogP contribution in [0.15, 0.2) is 48.6 Å². The summed E-state index contributed by atoms with van der Waals surface area (Å²) in [6.07, 6.45) is 1.90. The number of carbonyl (C=O) groups is 2. The van der Waals surface area contributed by atoms with Crippen LogP contribution in [0.4, 0.5) is 0 Å². The van der Waals surface area contributed by atoms with Crippen molar-refractivity contribution in [3.05, 3.63) is 54.1 Å². The third-order valence-corrected chi connectivity index (χ3v) is 2.26. The van der Waals surface area contributed by atoms with Gasteiger partial charge in [0, 0.05) is 11.6 Å². The SMILES string of the molecule is C=C(C(=O)[O-])C(C)OC(=O)/C=C/c1ccccc1. The van der Waals surface area contributed by atoms with E-state index in [-0.39, 0.29) is 5.57 Å². The molecule has 0 bridgehead atoms. The fourth-order valence-electron chi connectivity index (χ4n) is 1.18. The maximum Gasteiger partial charge on any atom is 0.331 e. The summed E-state index contributed by atoms with van der Waals surface area (Å²) in [6, 6.07) is 9.19. The molecule has 0 N–H and O–H groups in total. The Morgan fingerprint density at radius 3 is 2.50 bits per heavy atom. The van der Waals surface area contributed by atoms with Crippen molar-refractivity contribution in [1.29, 1.82) is 0 Å². The van der Waals surface area contributed by atoms with E-state index in [1.54, 1.807) is 6.08 Å². The summed E-state index contributed by atoms with van der Waals surface area (Å²) >= 11 is 0. The van der Waals surface area contributed by atoms with Gasteiger partial charge in [-0.3, -0.25) is 0 Å². The minimum atomic E-state index is -1.43. The van der Waals surface area contributed by atoms with E-state index in [9.17, 15) is 14.7 Å². The zero-order valence-corrected chi connectivity index (χ0v) is 9.96. The minimum Gasteiger partial charge on any atom is -0.545 e. The molecular formula is C14H13O4-. The molecule has 0 aromatic heterocycles. The Hall–Kier alpha value is -2.36. The molecular weight excluding hydrogens is 232 g/mol. The van der Waals surface area contributed by atoms with Crippen LogP contribution in [0.2, 0.25) is 0 Å². The fourth-order valence-corrected chi connectivity index (χ4v) is 1.18. The van der Waals surface area contributed by atoms with Crippen molar-refractivity contribution in [3.8, 4) is 0 Å². The Morgan fingerprint density at radius 1 is 1.33 bits per heavy atom. The second-order valence-electron chi connectivity index (χ2n) is 3.64. The number of hydrogen-bond donors (Lipinski definition) is 0. The zero-order valence-electron chi connectivity index (χ0n) is 9.96. The van der Waals surface area contributed by atoms with Crippen LogP contribution >= 0.6 is 0 Å². The van der Waals surface area contributed by atoms with Gasteiger partial charge in [0.15, 0.2) is 0 Å². The maximum atomic E-state index is 11.4. The predicted molar refractivity (Wildman–Crippen MR) is 65.2 cm³/mol. The van der Waals surface area contributed by atoms with Crippen LogP contribution in [0.1, 0.15) is 12.5 Å². The summed E-state index contributed by atoms with van der Waals surface area (Å²) in [4.78, 5) is 21.9. The van der Waals surface area contributed by atoms with Gasteiger partial charge < -0.3 is 14.6 Å². The maximum absolute atomic E-state index is 11.4. The smallest absolute Gasteiger partial charge is 0.331 e. The van der Waals surface area contributed by atoms with E-state index in [0.717, 1.165) is 5.56 Å². The van der Waals surface area contributed by atoms with Gasteiger partial charge in [-0.1, -0.05) is 36.9 Å². The van der Waals surface area contributed by atoms with Crippen molar-refractivity contribution >= 4 is 18.0 Å². The molecule has 0 saturated heterocycles. The van der Waals surface area contributed by atoms with E-state index in [0.29, 0.717) is 0 Å². The number of carboxylic acid groups (broad SMARTS) is 1. The van der Waals surface area contributed by atoms with Gasteiger partial charge in [0.05, 0.1) is 5.97 Å². The molecule has 4 nitrogen and oxygen atoms in total. The Morgan fingerprint density at radius 2 is 1.94 bits per heavy atom. The molecule has 18 heavy (non-hydrogen) atoms. The van der Waals surface area contributed by atoms with Gasteiger partial charge in [0.25, 0.3) is 0 Å². The Bertz CT molecular complexity index is 474. The summed E-state index contributed by atoms with van der Waals surface area (Å²) in [5.41, 5.74) is 0.581. The van der Waals surface area contributed by atoms with Gasteiger partial charge in [0.2, 0.25) is 0 Å². The molecule has 1 aromatic carbocycles. The molecule has 4 heteroatoms. The standard InChI is InChI=1S/C14H14O4/c1-10(14(16)17)11(2)18-13(15)9-8-12-6-4-3-5-7-12/h3-9,11H,1H2,2H3,(H,16,17)/p-1/b9-8+. The molecule has 1 atom stereocenters. The van der Waals surface area contributed by atoms with E-state index in [2.05, 4.69) is 6.58 Å². The lowest BCUT2D eigenvalue weighted by Crippen LogP contribution is -2.31. The highest BCUT2D eigenvalue weighted by Gasteiger charge is 2.11. The molecule has 0 radical (unpaired) electrons. The summed E-state index contributed by atoms with van der Waals surface area (Å²) in [5.74, 6) is -2.06. The van der Waals surface area contributed by atoms with E-state index in [1.807, 2.05) is 30.3 Å². The molecule has 94 valence electrons. The number of aliphatic carboxylic acids is 1. The first-order valence-electron chi connectivity index (χ1n) is 5.34. The average molecular weight is 245 g/mol. The fraction of sp³-hybridized carbons (Fsp3) is 0.143. The Labute approximate surface area is 105 Å². The number of benzene rings is 1. The zero-order chi connectivity index (χ0) is 13.5. The topological polar surface area (TPSA) is 66.4 Å². The average Bonchev–Trinajstić information content (AvgIpc) is 2.36. The summed E-state index contributed by atoms with van der Waals surface area (Å²) in [6.45, 7) is 4.69. The molecule has 1 unspecified atom stereocenters. The molecule has 0 aliphatic carbocycles. The molecule has 0 heterocycles. The Balaban J connectivity index is 2.55. The van der Waals surface area contributed by atoms with Crippen molar-refractivity contribution in [2.24, 2.45) is 0 Å². The Kier molecular flexibility index (Phi) is 4.87. The van der Waals surface area contributed by atoms with Crippen molar-refractivity contribution in [2.45, 2.75) is 13.0 Å². The first-order valence-corrected chi connectivity index (χ1v) is 5.34. The normalized spacial score (nSPS) is 12.1. The van der Waals surface area contributed by atoms with Crippen LogP contribution in [0.3, 0.4) is 0 Å². The second-order valence-corrected chi connectivity index (χ2v) is 3.64. The highest BCUT2D eigenvalue weighted by Crippen LogP contribution is 2.05. The van der Waals surface area contributed by atoms with Crippen LogP contribution in [0, 0.1) is 0 Å². The molecule has 1 rings (SSSR count). The summed E-state index contributed by atoms with van der Waals surface area (Å²) in [5, 5.41) is 10.5. The number of esters is 1. The lowest BCUT2D eigenvalue weighted by Gasteiger charge is -2.15. The van der Waals surface area contributed by atoms with E-state index in [1.165, 1.54) is 13.0 Å². The van der Waals surface area contributed by atoms with Crippen LogP contribution in [0.25, 0.3) is 6.08 Å². The van der Waals surface area contributed by atoms with Gasteiger partial charge in [-0.15, -0.1) is 0 Å². The number of carbonyl (C=O) groups excluding carboxylic acids is 2. The monoisotopic (exact) mass is 245 g/mol. The molecule has 0 saturated carbocycles. The minimum absolute atomic E-state index is 0.267. The van der Waals surface area contributed by atoms with Gasteiger partial charge in [-0.2, -0.15) is 0 Å². The van der Waals surface area contributed by atoms with E-state index in [4.69, 9.17) is 4.74 Å². The first-order chi connectivity index (χ1) is 8.50. The number of ether oxygens (including phenoxy) is 1. The predicted octanol–water partition coefficient (Wildman–Crippen LogP) is 0.938. The summed E-state index contributed by atoms with van der Waals surface area (Å²) in [7, 11) is 0. The third kappa shape index (κ3) is 4.25. The number of carboxylic acids is 1. The highest BCUT2D eigenvalue weighted by atomic mass is 16.5. The van der Waals surface area contributed by atoms with Crippen molar-refractivity contribution in [3.63, 3.8) is 0 Å². The van der Waals surface area contributed by atoms with Crippen molar-refractivity contribution in [2.75, 3.05) is 0 Å². The van der Waals surface area contributed by atoms with Crippen molar-refractivity contribution in [1.82, 2.24) is 0 Å². The molecule has 0 aliphatic rings. The van der Waals surface area contributed by atoms with Gasteiger partial charge in [0.1, 0.15) is 6.10 Å². The van der Waals surface area contributed by atoms with Crippen molar-refractivity contribution < 1.29 is 19.4 Å². The van der Waals surface area contributed by atoms with Gasteiger partial charge >= 0.3 is 5.97 Å². The molecule has 1 aromatic rings. The molecule has 0 amide bonds. The number of rotatable bonds is 5.